The number of hydrogen-bond acceptors (Lipinski definition) is 4. The van der Waals surface area contributed by atoms with Gasteiger partial charge in [-0.15, -0.1) is 0 Å². The first-order chi connectivity index (χ1) is 10.6. The molecule has 3 atom stereocenters. The number of rotatable bonds is 1. The molecule has 4 N–H and O–H groups in total. The lowest BCUT2D eigenvalue weighted by Crippen LogP contribution is -2.42. The zero-order chi connectivity index (χ0) is 17.0. The van der Waals surface area contributed by atoms with E-state index in [-0.39, 0.29) is 24.7 Å². The average molecular weight is 341 g/mol. The van der Waals surface area contributed by atoms with Crippen LogP contribution in [0.25, 0.3) is 0 Å². The van der Waals surface area contributed by atoms with Gasteiger partial charge >= 0.3 is 12.4 Å². The van der Waals surface area contributed by atoms with Crippen molar-refractivity contribution in [2.24, 2.45) is 0 Å². The lowest BCUT2D eigenvalue weighted by atomic mass is 10.1. The van der Waals surface area contributed by atoms with E-state index >= 15 is 0 Å². The average Bonchev–Trinajstić information content (AvgIpc) is 3.00. The van der Waals surface area contributed by atoms with Crippen LogP contribution in [0.5, 0.6) is 0 Å². The summed E-state index contributed by atoms with van der Waals surface area (Å²) in [7, 11) is 0. The maximum Gasteiger partial charge on any atom is 0.418 e. The second kappa shape index (κ2) is 5.17. The van der Waals surface area contributed by atoms with Crippen LogP contribution in [0.4, 0.5) is 37.7 Å². The Morgan fingerprint density at radius 1 is 1.00 bits per heavy atom. The molecule has 23 heavy (non-hydrogen) atoms. The van der Waals surface area contributed by atoms with Crippen LogP contribution in [0.15, 0.2) is 12.1 Å². The fraction of sp³-hybridized carbons (Fsp3) is 0.538. The quantitative estimate of drug-likeness (QED) is 0.593. The third-order valence-electron chi connectivity index (χ3n) is 3.93. The topological polar surface area (TPSA) is 56.3 Å². The van der Waals surface area contributed by atoms with Crippen molar-refractivity contribution in [3.8, 4) is 0 Å². The first-order valence-electron chi connectivity index (χ1n) is 6.82. The molecule has 2 aliphatic rings. The molecule has 0 saturated carbocycles. The third kappa shape index (κ3) is 3.05. The first-order valence-corrected chi connectivity index (χ1v) is 6.82. The van der Waals surface area contributed by atoms with E-state index in [0.29, 0.717) is 6.07 Å². The number of fused-ring (bicyclic) bond motifs is 1. The monoisotopic (exact) mass is 341 g/mol. The maximum absolute atomic E-state index is 13.1. The standard InChI is InChI=1S/C13H13F6N3O/c14-12(15,16)5-1-7(13(17,18)19)10-8(2-5)21-11(22-10)9-3-6(23)4-20-9/h1-2,6,9,11,20-23H,3-4H2/t6-,9-,11?/m0/s1. The molecule has 1 saturated heterocycles. The van der Waals surface area contributed by atoms with E-state index < -0.39 is 47.5 Å². The van der Waals surface area contributed by atoms with Gasteiger partial charge in [0.2, 0.25) is 0 Å². The number of benzene rings is 1. The first kappa shape index (κ1) is 16.2. The van der Waals surface area contributed by atoms with Crippen LogP contribution in [0.3, 0.4) is 0 Å². The van der Waals surface area contributed by atoms with E-state index in [0.717, 1.165) is 0 Å². The minimum Gasteiger partial charge on any atom is -0.392 e. The highest BCUT2D eigenvalue weighted by molar-refractivity contribution is 5.79. The minimum atomic E-state index is -4.92. The number of hydrogen-bond donors (Lipinski definition) is 4. The summed E-state index contributed by atoms with van der Waals surface area (Å²) >= 11 is 0. The van der Waals surface area contributed by atoms with Gasteiger partial charge in [-0.3, -0.25) is 0 Å². The molecule has 0 bridgehead atoms. The van der Waals surface area contributed by atoms with Crippen molar-refractivity contribution >= 4 is 11.4 Å². The normalized spacial score (nSPS) is 27.5. The van der Waals surface area contributed by atoms with Crippen LogP contribution in [-0.4, -0.2) is 30.0 Å². The molecule has 1 aromatic carbocycles. The van der Waals surface area contributed by atoms with Crippen molar-refractivity contribution in [1.29, 1.82) is 0 Å². The van der Waals surface area contributed by atoms with Crippen LogP contribution < -0.4 is 16.0 Å². The van der Waals surface area contributed by atoms with Gasteiger partial charge in [0.05, 0.1) is 28.6 Å². The molecule has 2 aliphatic heterocycles. The van der Waals surface area contributed by atoms with E-state index in [2.05, 4.69) is 16.0 Å². The van der Waals surface area contributed by atoms with Crippen LogP contribution >= 0.6 is 0 Å². The molecule has 0 radical (unpaired) electrons. The summed E-state index contributed by atoms with van der Waals surface area (Å²) in [6, 6.07) is 0.364. The zero-order valence-electron chi connectivity index (χ0n) is 11.5. The summed E-state index contributed by atoms with van der Waals surface area (Å²) in [5.74, 6) is 0. The lowest BCUT2D eigenvalue weighted by molar-refractivity contribution is -0.142. The SMILES string of the molecule is O[C@@H]1CN[C@H](C2Nc3cc(C(F)(F)F)cc(C(F)(F)F)c3N2)C1. The molecule has 0 aromatic heterocycles. The number of nitrogens with one attached hydrogen (secondary N) is 3. The predicted octanol–water partition coefficient (Wildman–Crippen LogP) is 2.61. The lowest BCUT2D eigenvalue weighted by Gasteiger charge is -2.20. The highest BCUT2D eigenvalue weighted by Gasteiger charge is 2.43. The molecule has 0 amide bonds. The van der Waals surface area contributed by atoms with E-state index in [9.17, 15) is 31.4 Å². The Morgan fingerprint density at radius 3 is 2.22 bits per heavy atom. The van der Waals surface area contributed by atoms with Crippen molar-refractivity contribution < 1.29 is 31.4 Å². The fourth-order valence-electron chi connectivity index (χ4n) is 2.86. The number of halogens is 6. The highest BCUT2D eigenvalue weighted by Crippen LogP contribution is 2.46. The molecule has 2 heterocycles. The van der Waals surface area contributed by atoms with Crippen LogP contribution in [0.2, 0.25) is 0 Å². The molecule has 1 fully saturated rings. The fourth-order valence-corrected chi connectivity index (χ4v) is 2.86. The van der Waals surface area contributed by atoms with E-state index in [1.165, 1.54) is 0 Å². The van der Waals surface area contributed by atoms with Gasteiger partial charge in [0.25, 0.3) is 0 Å². The summed E-state index contributed by atoms with van der Waals surface area (Å²) in [5.41, 5.74) is -3.38. The van der Waals surface area contributed by atoms with Gasteiger partial charge in [0.1, 0.15) is 6.17 Å². The minimum absolute atomic E-state index is 0.104. The van der Waals surface area contributed by atoms with Crippen LogP contribution in [0, 0.1) is 0 Å². The second-order valence-electron chi connectivity index (χ2n) is 5.61. The zero-order valence-corrected chi connectivity index (χ0v) is 11.5. The van der Waals surface area contributed by atoms with E-state index in [4.69, 9.17) is 0 Å². The summed E-state index contributed by atoms with van der Waals surface area (Å²) in [4.78, 5) is 0. The molecule has 1 aromatic rings. The van der Waals surface area contributed by atoms with E-state index in [1.807, 2.05) is 0 Å². The van der Waals surface area contributed by atoms with Gasteiger partial charge in [0.15, 0.2) is 0 Å². The molecule has 128 valence electrons. The molecule has 1 unspecified atom stereocenters. The third-order valence-corrected chi connectivity index (χ3v) is 3.93. The Labute approximate surface area is 126 Å². The highest BCUT2D eigenvalue weighted by atomic mass is 19.4. The summed E-state index contributed by atoms with van der Waals surface area (Å²) in [6.45, 7) is 0.279. The smallest absolute Gasteiger partial charge is 0.392 e. The number of β-amino-alcohol motifs (C(OH)–C–C–N with tert-alkyl or cyclic N) is 1. The molecule has 10 heteroatoms. The van der Waals surface area contributed by atoms with E-state index in [1.54, 1.807) is 0 Å². The summed E-state index contributed by atoms with van der Waals surface area (Å²) < 4.78 is 77.7. The summed E-state index contributed by atoms with van der Waals surface area (Å²) in [5, 5.41) is 17.6. The van der Waals surface area contributed by atoms with Crippen molar-refractivity contribution in [3.05, 3.63) is 23.3 Å². The Hall–Kier alpha value is -1.68. The number of alkyl halides is 6. The maximum atomic E-state index is 13.1. The Bertz CT molecular complexity index is 615. The van der Waals surface area contributed by atoms with Gasteiger partial charge < -0.3 is 21.1 Å². The summed E-state index contributed by atoms with van der Waals surface area (Å²) in [6.07, 6.45) is -10.9. The number of aliphatic hydroxyl groups excluding tert-OH is 1. The van der Waals surface area contributed by atoms with Gasteiger partial charge in [-0.05, 0) is 18.6 Å². The van der Waals surface area contributed by atoms with Crippen LogP contribution in [0.1, 0.15) is 17.5 Å². The van der Waals surface area contributed by atoms with Gasteiger partial charge in [-0.2, -0.15) is 26.3 Å². The van der Waals surface area contributed by atoms with Crippen LogP contribution in [-0.2, 0) is 12.4 Å². The van der Waals surface area contributed by atoms with Crippen molar-refractivity contribution in [1.82, 2.24) is 5.32 Å². The molecule has 0 aliphatic carbocycles. The molecule has 4 nitrogen and oxygen atoms in total. The molecular formula is C13H13F6N3O. The second-order valence-corrected chi connectivity index (χ2v) is 5.61. The predicted molar refractivity (Wildman–Crippen MR) is 69.9 cm³/mol. The van der Waals surface area contributed by atoms with Gasteiger partial charge in [0, 0.05) is 12.6 Å². The molecule has 0 spiro atoms. The van der Waals surface area contributed by atoms with Gasteiger partial charge in [-0.25, -0.2) is 0 Å². The number of aliphatic hydroxyl groups is 1. The van der Waals surface area contributed by atoms with Crippen molar-refractivity contribution in [2.75, 3.05) is 17.2 Å². The Morgan fingerprint density at radius 2 is 1.70 bits per heavy atom. The van der Waals surface area contributed by atoms with Crippen molar-refractivity contribution in [3.63, 3.8) is 0 Å². The largest absolute Gasteiger partial charge is 0.418 e. The Balaban J connectivity index is 1.97. The number of anilines is 2. The van der Waals surface area contributed by atoms with Gasteiger partial charge in [-0.1, -0.05) is 0 Å². The Kier molecular flexibility index (Phi) is 3.64. The molecular weight excluding hydrogens is 328 g/mol. The molecule has 3 rings (SSSR count). The van der Waals surface area contributed by atoms with Crippen molar-refractivity contribution in [2.45, 2.75) is 37.1 Å².